The number of rotatable bonds is 1. The van der Waals surface area contributed by atoms with E-state index in [1.807, 2.05) is 0 Å². The maximum Gasteiger partial charge on any atom is 0.430 e. The van der Waals surface area contributed by atoms with Crippen LogP contribution in [0.5, 0.6) is 5.75 Å². The Bertz CT molecular complexity index is 601. The molecule has 0 fully saturated rings. The summed E-state index contributed by atoms with van der Waals surface area (Å²) in [5.41, 5.74) is -0.658. The molecule has 0 radical (unpaired) electrons. The molecule has 2 rings (SSSR count). The van der Waals surface area contributed by atoms with Crippen LogP contribution in [0.4, 0.5) is 13.2 Å². The smallest absolute Gasteiger partial charge is 0.430 e. The molecule has 0 amide bonds. The van der Waals surface area contributed by atoms with Gasteiger partial charge in [-0.1, -0.05) is 23.2 Å². The lowest BCUT2D eigenvalue weighted by molar-refractivity contribution is -0.188. The highest BCUT2D eigenvalue weighted by Crippen LogP contribution is 2.42. The Morgan fingerprint density at radius 2 is 2.00 bits per heavy atom. The minimum Gasteiger partial charge on any atom is -0.474 e. The quantitative estimate of drug-likeness (QED) is 0.805. The summed E-state index contributed by atoms with van der Waals surface area (Å²) in [7, 11) is 0. The van der Waals surface area contributed by atoms with Crippen LogP contribution >= 0.6 is 23.2 Å². The van der Waals surface area contributed by atoms with Gasteiger partial charge in [-0.2, -0.15) is 19.1 Å². The molecule has 1 atom stereocenters. The van der Waals surface area contributed by atoms with E-state index in [1.165, 1.54) is 12.1 Å². The highest BCUT2D eigenvalue weighted by molar-refractivity contribution is 6.36. The predicted octanol–water partition coefficient (Wildman–Crippen LogP) is 3.12. The second-order valence-corrected chi connectivity index (χ2v) is 4.69. The van der Waals surface area contributed by atoms with E-state index < -0.39 is 23.8 Å². The van der Waals surface area contributed by atoms with Crippen LogP contribution in [0.25, 0.3) is 6.08 Å². The number of alkyl halides is 3. The number of halogens is 5. The Labute approximate surface area is 120 Å². The molecule has 20 heavy (non-hydrogen) atoms. The van der Waals surface area contributed by atoms with Gasteiger partial charge in [0.1, 0.15) is 5.75 Å². The first-order valence-corrected chi connectivity index (χ1v) is 5.84. The summed E-state index contributed by atoms with van der Waals surface area (Å²) in [5, 5.41) is 0.0812. The topological polar surface area (TPSA) is 61.5 Å². The summed E-state index contributed by atoms with van der Waals surface area (Å²) < 4.78 is 43.5. The molecule has 1 unspecified atom stereocenters. The Morgan fingerprint density at radius 1 is 1.35 bits per heavy atom. The molecule has 2 N–H and O–H groups in total. The molecule has 1 aliphatic rings. The van der Waals surface area contributed by atoms with Crippen molar-refractivity contribution in [3.8, 4) is 5.75 Å². The van der Waals surface area contributed by atoms with Gasteiger partial charge >= 0.3 is 12.1 Å². The fraction of sp³-hybridized carbons (Fsp3) is 0.182. The summed E-state index contributed by atoms with van der Waals surface area (Å²) in [6.45, 7) is 0. The average molecular weight is 328 g/mol. The first-order chi connectivity index (χ1) is 9.24. The van der Waals surface area contributed by atoms with Gasteiger partial charge in [0.05, 0.1) is 10.6 Å². The first-order valence-electron chi connectivity index (χ1n) is 5.09. The molecule has 108 valence electrons. The standard InChI is InChI=1S/C11H6Cl2F3NO3/c12-5-1-4-2-6(10(18)20-17)9(11(14,15)16)19-8(4)7(13)3-5/h1-3,9H,17H2. The van der Waals surface area contributed by atoms with Gasteiger partial charge in [-0.3, -0.25) is 0 Å². The van der Waals surface area contributed by atoms with Crippen LogP contribution in [0.1, 0.15) is 5.56 Å². The van der Waals surface area contributed by atoms with Crippen molar-refractivity contribution in [1.82, 2.24) is 0 Å². The van der Waals surface area contributed by atoms with E-state index >= 15 is 0 Å². The molecule has 0 aliphatic carbocycles. The van der Waals surface area contributed by atoms with Crippen molar-refractivity contribution < 1.29 is 27.5 Å². The maximum atomic E-state index is 12.9. The molecule has 0 spiro atoms. The van der Waals surface area contributed by atoms with Gasteiger partial charge in [0.2, 0.25) is 6.10 Å². The van der Waals surface area contributed by atoms with E-state index in [9.17, 15) is 18.0 Å². The molecule has 1 heterocycles. The molecular weight excluding hydrogens is 322 g/mol. The zero-order valence-electron chi connectivity index (χ0n) is 9.50. The number of benzene rings is 1. The van der Waals surface area contributed by atoms with Crippen LogP contribution in [-0.4, -0.2) is 18.2 Å². The minimum atomic E-state index is -4.83. The highest BCUT2D eigenvalue weighted by atomic mass is 35.5. The monoisotopic (exact) mass is 327 g/mol. The van der Waals surface area contributed by atoms with Crippen molar-refractivity contribution in [2.24, 2.45) is 5.90 Å². The fourth-order valence-corrected chi connectivity index (χ4v) is 2.27. The van der Waals surface area contributed by atoms with Gasteiger partial charge in [0, 0.05) is 10.6 Å². The summed E-state index contributed by atoms with van der Waals surface area (Å²) in [6, 6.07) is 2.54. The summed E-state index contributed by atoms with van der Waals surface area (Å²) in [6.07, 6.45) is -6.41. The maximum absolute atomic E-state index is 12.9. The average Bonchev–Trinajstić information content (AvgIpc) is 2.35. The molecule has 0 aromatic heterocycles. The van der Waals surface area contributed by atoms with Crippen molar-refractivity contribution in [3.63, 3.8) is 0 Å². The zero-order valence-corrected chi connectivity index (χ0v) is 11.0. The van der Waals surface area contributed by atoms with Gasteiger partial charge in [-0.25, -0.2) is 4.79 Å². The molecule has 9 heteroatoms. The third kappa shape index (κ3) is 2.70. The number of hydrogen-bond donors (Lipinski definition) is 1. The van der Waals surface area contributed by atoms with Crippen LogP contribution in [-0.2, 0) is 9.63 Å². The number of nitrogens with two attached hydrogens (primary N) is 1. The third-order valence-electron chi connectivity index (χ3n) is 2.51. The van der Waals surface area contributed by atoms with Gasteiger partial charge in [-0.05, 0) is 18.2 Å². The Kier molecular flexibility index (Phi) is 3.86. The summed E-state index contributed by atoms with van der Waals surface area (Å²) in [4.78, 5) is 15.2. The predicted molar refractivity (Wildman–Crippen MR) is 65.2 cm³/mol. The Hall–Kier alpha value is -1.44. The van der Waals surface area contributed by atoms with Crippen molar-refractivity contribution in [1.29, 1.82) is 0 Å². The minimum absolute atomic E-state index is 0.0989. The van der Waals surface area contributed by atoms with E-state index in [2.05, 4.69) is 10.7 Å². The van der Waals surface area contributed by atoms with Gasteiger partial charge in [0.25, 0.3) is 0 Å². The lowest BCUT2D eigenvalue weighted by Crippen LogP contribution is -2.41. The molecule has 0 saturated heterocycles. The lowest BCUT2D eigenvalue weighted by Gasteiger charge is -2.28. The number of carbonyl (C=O) groups excluding carboxylic acids is 1. The summed E-state index contributed by atoms with van der Waals surface area (Å²) in [5.74, 6) is 3.05. The van der Waals surface area contributed by atoms with Crippen LogP contribution in [0.2, 0.25) is 10.0 Å². The SMILES string of the molecule is NOC(=O)C1=Cc2cc(Cl)cc(Cl)c2OC1C(F)(F)F. The molecule has 4 nitrogen and oxygen atoms in total. The highest BCUT2D eigenvalue weighted by Gasteiger charge is 2.49. The van der Waals surface area contributed by atoms with E-state index in [4.69, 9.17) is 27.9 Å². The lowest BCUT2D eigenvalue weighted by atomic mass is 10.0. The van der Waals surface area contributed by atoms with E-state index in [1.54, 1.807) is 0 Å². The number of ether oxygens (including phenoxy) is 1. The molecular formula is C11H6Cl2F3NO3. The first kappa shape index (κ1) is 15.0. The molecule has 1 aromatic carbocycles. The van der Waals surface area contributed by atoms with E-state index in [0.29, 0.717) is 0 Å². The molecule has 0 bridgehead atoms. The largest absolute Gasteiger partial charge is 0.474 e. The third-order valence-corrected chi connectivity index (χ3v) is 3.01. The number of fused-ring (bicyclic) bond motifs is 1. The van der Waals surface area contributed by atoms with Crippen LogP contribution in [0.3, 0.4) is 0 Å². The second-order valence-electron chi connectivity index (χ2n) is 3.85. The van der Waals surface area contributed by atoms with E-state index in [-0.39, 0.29) is 21.4 Å². The van der Waals surface area contributed by atoms with Crippen molar-refractivity contribution >= 4 is 35.2 Å². The molecule has 1 aromatic rings. The van der Waals surface area contributed by atoms with Gasteiger partial charge in [-0.15, -0.1) is 0 Å². The Balaban J connectivity index is 2.60. The van der Waals surface area contributed by atoms with E-state index in [0.717, 1.165) is 6.08 Å². The van der Waals surface area contributed by atoms with Crippen LogP contribution in [0, 0.1) is 0 Å². The van der Waals surface area contributed by atoms with Crippen molar-refractivity contribution in [2.45, 2.75) is 12.3 Å². The zero-order chi connectivity index (χ0) is 15.1. The Morgan fingerprint density at radius 3 is 2.55 bits per heavy atom. The normalized spacial score (nSPS) is 17.9. The molecule has 0 saturated carbocycles. The molecule has 1 aliphatic heterocycles. The number of hydrogen-bond acceptors (Lipinski definition) is 4. The fourth-order valence-electron chi connectivity index (χ4n) is 1.71. The second kappa shape index (κ2) is 5.16. The van der Waals surface area contributed by atoms with Crippen molar-refractivity contribution in [2.75, 3.05) is 0 Å². The van der Waals surface area contributed by atoms with Crippen LogP contribution < -0.4 is 10.6 Å². The van der Waals surface area contributed by atoms with Crippen molar-refractivity contribution in [3.05, 3.63) is 33.3 Å². The summed E-state index contributed by atoms with van der Waals surface area (Å²) >= 11 is 11.5. The number of carbonyl (C=O) groups is 1. The van der Waals surface area contributed by atoms with Gasteiger partial charge < -0.3 is 9.57 Å². The van der Waals surface area contributed by atoms with Gasteiger partial charge in [0.15, 0.2) is 0 Å². The van der Waals surface area contributed by atoms with Crippen LogP contribution in [0.15, 0.2) is 17.7 Å².